The third-order valence-corrected chi connectivity index (χ3v) is 3.44. The molecule has 24 heavy (non-hydrogen) atoms. The first kappa shape index (κ1) is 17.7. The summed E-state index contributed by atoms with van der Waals surface area (Å²) in [6.07, 6.45) is 3.09. The molecule has 2 aromatic carbocycles. The van der Waals surface area contributed by atoms with E-state index in [2.05, 4.69) is 10.6 Å². The molecule has 0 unspecified atom stereocenters. The number of nitrogens with two attached hydrogens (primary N) is 1. The Hall–Kier alpha value is -2.63. The fraction of sp³-hybridized carbons (Fsp3) is 0.111. The van der Waals surface area contributed by atoms with Crippen LogP contribution in [-0.4, -0.2) is 18.4 Å². The Morgan fingerprint density at radius 1 is 1.08 bits per heavy atom. The molecular formula is C18H18ClN3O2. The van der Waals surface area contributed by atoms with Crippen LogP contribution < -0.4 is 16.4 Å². The second kappa shape index (κ2) is 8.29. The number of aryl methyl sites for hydroxylation is 1. The molecule has 6 heteroatoms. The number of benzene rings is 2. The summed E-state index contributed by atoms with van der Waals surface area (Å²) in [7, 11) is 0. The Balaban J connectivity index is 2.10. The van der Waals surface area contributed by atoms with Gasteiger partial charge in [-0.3, -0.25) is 9.59 Å². The molecular weight excluding hydrogens is 326 g/mol. The number of rotatable bonds is 5. The van der Waals surface area contributed by atoms with Crippen molar-refractivity contribution in [2.24, 2.45) is 5.73 Å². The van der Waals surface area contributed by atoms with Crippen molar-refractivity contribution in [1.29, 1.82) is 0 Å². The van der Waals surface area contributed by atoms with Crippen LogP contribution in [0.25, 0.3) is 6.08 Å². The Labute approximate surface area is 145 Å². The van der Waals surface area contributed by atoms with Crippen molar-refractivity contribution in [2.45, 2.75) is 6.92 Å². The third kappa shape index (κ3) is 5.22. The maximum atomic E-state index is 12.1. The number of hydrogen-bond donors (Lipinski definition) is 3. The normalized spacial score (nSPS) is 10.6. The standard InChI is InChI=1S/C18H18ClN3O2/c1-12-2-8-15(16(10-12)22-18(24)11-20)21-17(23)9-5-13-3-6-14(19)7-4-13/h2-10H,11,20H2,1H3,(H,21,23)(H,22,24)/b9-5+. The monoisotopic (exact) mass is 343 g/mol. The molecule has 0 heterocycles. The average molecular weight is 344 g/mol. The van der Waals surface area contributed by atoms with E-state index < -0.39 is 0 Å². The van der Waals surface area contributed by atoms with Crippen LogP contribution in [-0.2, 0) is 9.59 Å². The summed E-state index contributed by atoms with van der Waals surface area (Å²) in [5.41, 5.74) is 8.14. The minimum atomic E-state index is -0.326. The molecule has 0 aliphatic heterocycles. The second-order valence-electron chi connectivity index (χ2n) is 5.18. The topological polar surface area (TPSA) is 84.2 Å². The Bertz CT molecular complexity index is 770. The molecule has 0 aromatic heterocycles. The van der Waals surface area contributed by atoms with Gasteiger partial charge in [-0.25, -0.2) is 0 Å². The van der Waals surface area contributed by atoms with Crippen LogP contribution in [0.3, 0.4) is 0 Å². The van der Waals surface area contributed by atoms with Gasteiger partial charge in [0.2, 0.25) is 11.8 Å². The zero-order valence-corrected chi connectivity index (χ0v) is 13.9. The maximum Gasteiger partial charge on any atom is 0.248 e. The van der Waals surface area contributed by atoms with E-state index in [-0.39, 0.29) is 18.4 Å². The van der Waals surface area contributed by atoms with Crippen molar-refractivity contribution >= 4 is 40.9 Å². The van der Waals surface area contributed by atoms with E-state index in [1.165, 1.54) is 6.08 Å². The Kier molecular flexibility index (Phi) is 6.12. The lowest BCUT2D eigenvalue weighted by Crippen LogP contribution is -2.23. The van der Waals surface area contributed by atoms with Gasteiger partial charge in [-0.1, -0.05) is 29.8 Å². The second-order valence-corrected chi connectivity index (χ2v) is 5.61. The average Bonchev–Trinajstić information content (AvgIpc) is 2.56. The molecule has 0 atom stereocenters. The van der Waals surface area contributed by atoms with Gasteiger partial charge >= 0.3 is 0 Å². The van der Waals surface area contributed by atoms with Crippen LogP contribution in [0.1, 0.15) is 11.1 Å². The fourth-order valence-corrected chi connectivity index (χ4v) is 2.12. The summed E-state index contributed by atoms with van der Waals surface area (Å²) in [6, 6.07) is 12.5. The minimum absolute atomic E-state index is 0.127. The van der Waals surface area contributed by atoms with Crippen molar-refractivity contribution in [3.63, 3.8) is 0 Å². The van der Waals surface area contributed by atoms with E-state index in [4.69, 9.17) is 17.3 Å². The quantitative estimate of drug-likeness (QED) is 0.729. The van der Waals surface area contributed by atoms with Crippen LogP contribution in [0.2, 0.25) is 5.02 Å². The first-order valence-electron chi connectivity index (χ1n) is 7.33. The molecule has 2 amide bonds. The minimum Gasteiger partial charge on any atom is -0.323 e. The van der Waals surface area contributed by atoms with Gasteiger partial charge in [-0.05, 0) is 48.4 Å². The molecule has 2 rings (SSSR count). The summed E-state index contributed by atoms with van der Waals surface area (Å²) < 4.78 is 0. The van der Waals surface area contributed by atoms with E-state index in [9.17, 15) is 9.59 Å². The van der Waals surface area contributed by atoms with Crippen molar-refractivity contribution in [3.05, 3.63) is 64.7 Å². The van der Waals surface area contributed by atoms with Crippen molar-refractivity contribution < 1.29 is 9.59 Å². The lowest BCUT2D eigenvalue weighted by Gasteiger charge is -2.12. The van der Waals surface area contributed by atoms with Crippen molar-refractivity contribution in [2.75, 3.05) is 17.2 Å². The number of carbonyl (C=O) groups excluding carboxylic acids is 2. The molecule has 0 bridgehead atoms. The summed E-state index contributed by atoms with van der Waals surface area (Å²) in [6.45, 7) is 1.77. The van der Waals surface area contributed by atoms with Gasteiger partial charge < -0.3 is 16.4 Å². The van der Waals surface area contributed by atoms with Gasteiger partial charge in [-0.2, -0.15) is 0 Å². The smallest absolute Gasteiger partial charge is 0.248 e. The Morgan fingerprint density at radius 3 is 2.46 bits per heavy atom. The van der Waals surface area contributed by atoms with Gasteiger partial charge in [0.25, 0.3) is 0 Å². The van der Waals surface area contributed by atoms with Gasteiger partial charge in [0.15, 0.2) is 0 Å². The van der Waals surface area contributed by atoms with Crippen LogP contribution in [0.15, 0.2) is 48.5 Å². The molecule has 4 N–H and O–H groups in total. The number of amides is 2. The lowest BCUT2D eigenvalue weighted by molar-refractivity contribution is -0.115. The molecule has 5 nitrogen and oxygen atoms in total. The molecule has 0 radical (unpaired) electrons. The molecule has 0 fully saturated rings. The Morgan fingerprint density at radius 2 is 1.79 bits per heavy atom. The zero-order chi connectivity index (χ0) is 17.5. The fourth-order valence-electron chi connectivity index (χ4n) is 1.99. The van der Waals surface area contributed by atoms with E-state index in [0.29, 0.717) is 16.4 Å². The van der Waals surface area contributed by atoms with Gasteiger partial charge in [0.1, 0.15) is 0 Å². The van der Waals surface area contributed by atoms with Crippen LogP contribution in [0.5, 0.6) is 0 Å². The highest BCUT2D eigenvalue weighted by Gasteiger charge is 2.08. The highest BCUT2D eigenvalue weighted by molar-refractivity contribution is 6.30. The number of halogens is 1. The van der Waals surface area contributed by atoms with E-state index in [1.54, 1.807) is 30.3 Å². The highest BCUT2D eigenvalue weighted by Crippen LogP contribution is 2.23. The highest BCUT2D eigenvalue weighted by atomic mass is 35.5. The zero-order valence-electron chi connectivity index (χ0n) is 13.2. The number of anilines is 2. The van der Waals surface area contributed by atoms with E-state index in [0.717, 1.165) is 11.1 Å². The molecule has 124 valence electrons. The molecule has 0 aliphatic rings. The number of hydrogen-bond acceptors (Lipinski definition) is 3. The van der Waals surface area contributed by atoms with Crippen LogP contribution >= 0.6 is 11.6 Å². The van der Waals surface area contributed by atoms with Gasteiger partial charge in [0, 0.05) is 11.1 Å². The van der Waals surface area contributed by atoms with Gasteiger partial charge in [-0.15, -0.1) is 0 Å². The largest absolute Gasteiger partial charge is 0.323 e. The predicted molar refractivity (Wildman–Crippen MR) is 98.0 cm³/mol. The summed E-state index contributed by atoms with van der Waals surface area (Å²) in [5.74, 6) is -0.634. The SMILES string of the molecule is Cc1ccc(NC(=O)/C=C/c2ccc(Cl)cc2)c(NC(=O)CN)c1. The van der Waals surface area contributed by atoms with Crippen molar-refractivity contribution in [1.82, 2.24) is 0 Å². The van der Waals surface area contributed by atoms with Gasteiger partial charge in [0.05, 0.1) is 17.9 Å². The molecule has 2 aromatic rings. The summed E-state index contributed by atoms with van der Waals surface area (Å²) in [5, 5.41) is 6.05. The molecule has 0 aliphatic carbocycles. The molecule has 0 spiro atoms. The van der Waals surface area contributed by atoms with E-state index in [1.807, 2.05) is 25.1 Å². The van der Waals surface area contributed by atoms with Crippen LogP contribution in [0.4, 0.5) is 11.4 Å². The predicted octanol–water partition coefficient (Wildman–Crippen LogP) is 3.20. The number of carbonyl (C=O) groups is 2. The van der Waals surface area contributed by atoms with Crippen LogP contribution in [0, 0.1) is 6.92 Å². The molecule has 0 saturated carbocycles. The summed E-state index contributed by atoms with van der Waals surface area (Å²) >= 11 is 5.82. The first-order valence-corrected chi connectivity index (χ1v) is 7.71. The number of nitrogens with one attached hydrogen (secondary N) is 2. The summed E-state index contributed by atoms with van der Waals surface area (Å²) in [4.78, 5) is 23.6. The maximum absolute atomic E-state index is 12.1. The van der Waals surface area contributed by atoms with E-state index >= 15 is 0 Å². The lowest BCUT2D eigenvalue weighted by atomic mass is 10.1. The van der Waals surface area contributed by atoms with Crippen molar-refractivity contribution in [3.8, 4) is 0 Å². The molecule has 0 saturated heterocycles. The third-order valence-electron chi connectivity index (χ3n) is 3.19. The first-order chi connectivity index (χ1) is 11.5.